The number of carbonyl (C=O) groups excluding carboxylic acids is 1. The average Bonchev–Trinajstić information content (AvgIpc) is 3.05. The molecule has 5 rings (SSSR count). The molecular formula is C29H30N2O3. The van der Waals surface area contributed by atoms with Crippen LogP contribution in [0.5, 0.6) is 11.5 Å². The second-order valence-electron chi connectivity index (χ2n) is 8.87. The van der Waals surface area contributed by atoms with Gasteiger partial charge in [-0.3, -0.25) is 4.79 Å². The van der Waals surface area contributed by atoms with Gasteiger partial charge in [-0.2, -0.15) is 0 Å². The lowest BCUT2D eigenvalue weighted by molar-refractivity contribution is -0.116. The zero-order chi connectivity index (χ0) is 23.7. The van der Waals surface area contributed by atoms with Gasteiger partial charge < -0.3 is 20.1 Å². The summed E-state index contributed by atoms with van der Waals surface area (Å²) in [5.41, 5.74) is 7.13. The molecule has 0 amide bonds. The summed E-state index contributed by atoms with van der Waals surface area (Å²) >= 11 is 0. The number of ketones is 1. The molecule has 0 fully saturated rings. The molecule has 174 valence electrons. The van der Waals surface area contributed by atoms with Gasteiger partial charge in [-0.15, -0.1) is 0 Å². The van der Waals surface area contributed by atoms with E-state index in [2.05, 4.69) is 54.0 Å². The summed E-state index contributed by atoms with van der Waals surface area (Å²) in [6, 6.07) is 22.3. The first-order chi connectivity index (χ1) is 16.6. The Hall–Kier alpha value is -3.73. The number of benzene rings is 3. The highest BCUT2D eigenvalue weighted by Crippen LogP contribution is 2.46. The maximum Gasteiger partial charge on any atom is 0.163 e. The van der Waals surface area contributed by atoms with Gasteiger partial charge in [0.2, 0.25) is 0 Å². The van der Waals surface area contributed by atoms with E-state index in [0.717, 1.165) is 51.7 Å². The minimum atomic E-state index is -0.210. The van der Waals surface area contributed by atoms with E-state index in [1.807, 2.05) is 30.3 Å². The van der Waals surface area contributed by atoms with Crippen LogP contribution < -0.4 is 20.1 Å². The number of hydrogen-bond donors (Lipinski definition) is 2. The smallest absolute Gasteiger partial charge is 0.163 e. The van der Waals surface area contributed by atoms with Gasteiger partial charge in [0.25, 0.3) is 0 Å². The van der Waals surface area contributed by atoms with Crippen LogP contribution in [0.4, 0.5) is 11.4 Å². The topological polar surface area (TPSA) is 59.6 Å². The molecule has 3 aromatic carbocycles. The van der Waals surface area contributed by atoms with Crippen molar-refractivity contribution < 1.29 is 14.3 Å². The van der Waals surface area contributed by atoms with Gasteiger partial charge in [0.15, 0.2) is 5.78 Å². The lowest BCUT2D eigenvalue weighted by atomic mass is 9.78. The number of hydrogen-bond acceptors (Lipinski definition) is 5. The van der Waals surface area contributed by atoms with Gasteiger partial charge in [-0.25, -0.2) is 0 Å². The molecule has 5 heteroatoms. The van der Waals surface area contributed by atoms with E-state index < -0.39 is 0 Å². The van der Waals surface area contributed by atoms with E-state index >= 15 is 0 Å². The van der Waals surface area contributed by atoms with Gasteiger partial charge in [0, 0.05) is 29.2 Å². The van der Waals surface area contributed by atoms with Crippen LogP contribution in [-0.2, 0) is 11.2 Å². The molecule has 1 heterocycles. The van der Waals surface area contributed by atoms with Gasteiger partial charge in [0.05, 0.1) is 31.6 Å². The summed E-state index contributed by atoms with van der Waals surface area (Å²) in [5, 5.41) is 7.26. The molecule has 0 radical (unpaired) electrons. The summed E-state index contributed by atoms with van der Waals surface area (Å²) < 4.78 is 11.1. The molecule has 2 N–H and O–H groups in total. The minimum absolute atomic E-state index is 0.00261. The average molecular weight is 455 g/mol. The van der Waals surface area contributed by atoms with Crippen molar-refractivity contribution in [3.8, 4) is 11.5 Å². The normalized spacial score (nSPS) is 19.3. The first kappa shape index (κ1) is 22.1. The monoisotopic (exact) mass is 454 g/mol. The molecule has 2 unspecified atom stereocenters. The van der Waals surface area contributed by atoms with Crippen LogP contribution in [-0.4, -0.2) is 20.0 Å². The van der Waals surface area contributed by atoms with Gasteiger partial charge in [0.1, 0.15) is 11.5 Å². The molecule has 2 aliphatic rings. The molecule has 1 aliphatic carbocycles. The van der Waals surface area contributed by atoms with Crippen LogP contribution in [0.1, 0.15) is 48.4 Å². The first-order valence-electron chi connectivity index (χ1n) is 11.8. The Balaban J connectivity index is 1.60. The van der Waals surface area contributed by atoms with E-state index in [1.54, 1.807) is 14.2 Å². The third-order valence-electron chi connectivity index (χ3n) is 6.91. The quantitative estimate of drug-likeness (QED) is 0.477. The summed E-state index contributed by atoms with van der Waals surface area (Å²) in [5.74, 6) is 1.69. The Morgan fingerprint density at radius 3 is 2.38 bits per heavy atom. The van der Waals surface area contributed by atoms with Gasteiger partial charge in [-0.1, -0.05) is 43.3 Å². The predicted molar refractivity (Wildman–Crippen MR) is 136 cm³/mol. The fourth-order valence-electron chi connectivity index (χ4n) is 5.07. The number of rotatable bonds is 5. The molecule has 0 saturated carbocycles. The summed E-state index contributed by atoms with van der Waals surface area (Å²) in [6.07, 6.45) is 2.12. The first-order valence-corrected chi connectivity index (χ1v) is 11.8. The second kappa shape index (κ2) is 9.26. The Labute approximate surface area is 200 Å². The lowest BCUT2D eigenvalue weighted by Gasteiger charge is -2.30. The minimum Gasteiger partial charge on any atom is -0.497 e. The number of para-hydroxylation sites is 2. The van der Waals surface area contributed by atoms with E-state index in [1.165, 1.54) is 5.56 Å². The summed E-state index contributed by atoms with van der Waals surface area (Å²) in [6.45, 7) is 2.15. The van der Waals surface area contributed by atoms with E-state index in [4.69, 9.17) is 9.47 Å². The highest BCUT2D eigenvalue weighted by atomic mass is 16.5. The van der Waals surface area contributed by atoms with Crippen molar-refractivity contribution in [3.63, 3.8) is 0 Å². The molecule has 0 bridgehead atoms. The van der Waals surface area contributed by atoms with Crippen LogP contribution in [0.3, 0.4) is 0 Å². The number of nitrogens with one attached hydrogen (secondary N) is 2. The number of fused-ring (bicyclic) bond motifs is 1. The van der Waals surface area contributed by atoms with Crippen molar-refractivity contribution >= 4 is 17.2 Å². The number of anilines is 2. The molecule has 3 aromatic rings. The Kier molecular flexibility index (Phi) is 6.01. The van der Waals surface area contributed by atoms with Crippen molar-refractivity contribution in [1.29, 1.82) is 0 Å². The maximum absolute atomic E-state index is 13.8. The number of carbonyl (C=O) groups is 1. The Bertz CT molecular complexity index is 1250. The van der Waals surface area contributed by atoms with Gasteiger partial charge >= 0.3 is 0 Å². The van der Waals surface area contributed by atoms with Crippen molar-refractivity contribution in [1.82, 2.24) is 0 Å². The zero-order valence-corrected chi connectivity index (χ0v) is 19.9. The maximum atomic E-state index is 13.8. The van der Waals surface area contributed by atoms with E-state index in [0.29, 0.717) is 12.8 Å². The Morgan fingerprint density at radius 1 is 0.912 bits per heavy atom. The predicted octanol–water partition coefficient (Wildman–Crippen LogP) is 6.25. The summed E-state index contributed by atoms with van der Waals surface area (Å²) in [7, 11) is 3.32. The lowest BCUT2D eigenvalue weighted by Crippen LogP contribution is -2.27. The van der Waals surface area contributed by atoms with Gasteiger partial charge in [-0.05, 0) is 54.3 Å². The van der Waals surface area contributed by atoms with E-state index in [-0.39, 0.29) is 17.7 Å². The fraction of sp³-hybridized carbons (Fsp3) is 0.276. The molecule has 5 nitrogen and oxygen atoms in total. The zero-order valence-electron chi connectivity index (χ0n) is 19.9. The molecule has 2 atom stereocenters. The number of aryl methyl sites for hydroxylation is 1. The molecule has 0 spiro atoms. The molecule has 1 aliphatic heterocycles. The summed E-state index contributed by atoms with van der Waals surface area (Å²) in [4.78, 5) is 13.8. The molecule has 0 aromatic heterocycles. The van der Waals surface area contributed by atoms with Crippen LogP contribution in [0.25, 0.3) is 0 Å². The van der Waals surface area contributed by atoms with Crippen molar-refractivity contribution in [3.05, 3.63) is 94.7 Å². The van der Waals surface area contributed by atoms with Crippen molar-refractivity contribution in [2.75, 3.05) is 24.9 Å². The number of allylic oxidation sites excluding steroid dienone is 1. The standard InChI is InChI=1S/C29H30N2O3/c1-4-18-9-11-19(12-10-18)29-28-25(30-23-7-5-6-8-24(23)31-29)15-20(16-26(28)32)22-17-21(33-2)13-14-27(22)34-3/h5-14,17,20,29-31H,4,15-16H2,1-3H3. The Morgan fingerprint density at radius 2 is 1.68 bits per heavy atom. The second-order valence-corrected chi connectivity index (χ2v) is 8.87. The largest absolute Gasteiger partial charge is 0.497 e. The van der Waals surface area contributed by atoms with E-state index in [9.17, 15) is 4.79 Å². The highest BCUT2D eigenvalue weighted by molar-refractivity contribution is 6.01. The number of ether oxygens (including phenoxy) is 2. The third kappa shape index (κ3) is 4.03. The SMILES string of the molecule is CCc1ccc(C2Nc3ccccc3NC3=C2C(=O)CC(c2cc(OC)ccc2OC)C3)cc1. The molecule has 34 heavy (non-hydrogen) atoms. The van der Waals surface area contributed by atoms with Crippen LogP contribution >= 0.6 is 0 Å². The third-order valence-corrected chi connectivity index (χ3v) is 6.91. The van der Waals surface area contributed by atoms with Crippen molar-refractivity contribution in [2.45, 2.75) is 38.1 Å². The molecular weight excluding hydrogens is 424 g/mol. The number of Topliss-reactive ketones (excluding diaryl/α,β-unsaturated/α-hetero) is 1. The fourth-order valence-corrected chi connectivity index (χ4v) is 5.07. The van der Waals surface area contributed by atoms with Crippen LogP contribution in [0.15, 0.2) is 78.0 Å². The van der Waals surface area contributed by atoms with Crippen molar-refractivity contribution in [2.24, 2.45) is 0 Å². The number of methoxy groups -OCH3 is 2. The molecule has 0 saturated heterocycles. The highest BCUT2D eigenvalue weighted by Gasteiger charge is 2.37. The van der Waals surface area contributed by atoms with Crippen LogP contribution in [0.2, 0.25) is 0 Å². The van der Waals surface area contributed by atoms with Crippen LogP contribution in [0, 0.1) is 0 Å².